The molecule has 1 heterocycles. The van der Waals surface area contributed by atoms with Crippen LogP contribution in [0.3, 0.4) is 0 Å². The minimum atomic E-state index is -0.134. The molecule has 1 aromatic heterocycles. The zero-order valence-corrected chi connectivity index (χ0v) is 20.2. The largest absolute Gasteiger partial charge is 0.497 e. The van der Waals surface area contributed by atoms with Gasteiger partial charge < -0.3 is 14.8 Å². The number of ketones is 1. The third-order valence-corrected chi connectivity index (χ3v) is 8.01. The van der Waals surface area contributed by atoms with E-state index in [0.29, 0.717) is 23.8 Å². The van der Waals surface area contributed by atoms with Crippen LogP contribution < -0.4 is 14.8 Å². The highest BCUT2D eigenvalue weighted by molar-refractivity contribution is 7.19. The first kappa shape index (κ1) is 22.6. The number of nitrogens with one attached hydrogen (secondary N) is 1. The lowest BCUT2D eigenvalue weighted by molar-refractivity contribution is -0.136. The van der Waals surface area contributed by atoms with Gasteiger partial charge in [0, 0.05) is 23.3 Å². The van der Waals surface area contributed by atoms with Gasteiger partial charge >= 0.3 is 0 Å². The number of rotatable bonds is 6. The monoisotopic (exact) mass is 476 g/mol. The molecule has 0 spiro atoms. The molecule has 7 heteroatoms. The van der Waals surface area contributed by atoms with Gasteiger partial charge in [0.2, 0.25) is 5.91 Å². The van der Waals surface area contributed by atoms with Crippen molar-refractivity contribution in [1.29, 1.82) is 0 Å². The van der Waals surface area contributed by atoms with Crippen molar-refractivity contribution >= 4 is 28.2 Å². The standard InChI is InChI=1S/C27H28N2O4S/c1-32-21-10-6-16(7-11-21)23-25(17-8-12-22(33-2)13-9-17)34-27(28-23)29-26(31)20-14-18-4-3-5-19(15-20)24(18)30/h6-13,18-20H,3-5,14-15H2,1-2H3,(H,28,29,31). The molecule has 2 aromatic carbocycles. The second-order valence-corrected chi connectivity index (χ2v) is 10.0. The van der Waals surface area contributed by atoms with Crippen LogP contribution in [0.2, 0.25) is 0 Å². The Balaban J connectivity index is 1.43. The predicted octanol–water partition coefficient (Wildman–Crippen LogP) is 5.83. The van der Waals surface area contributed by atoms with Crippen LogP contribution >= 0.6 is 11.3 Å². The predicted molar refractivity (Wildman–Crippen MR) is 133 cm³/mol. The summed E-state index contributed by atoms with van der Waals surface area (Å²) in [5.74, 6) is 1.86. The maximum Gasteiger partial charge on any atom is 0.229 e. The van der Waals surface area contributed by atoms with E-state index >= 15 is 0 Å². The van der Waals surface area contributed by atoms with E-state index in [1.54, 1.807) is 14.2 Å². The molecular formula is C27H28N2O4S. The average molecular weight is 477 g/mol. The molecule has 5 rings (SSSR count). The van der Waals surface area contributed by atoms with Crippen LogP contribution in [0, 0.1) is 17.8 Å². The number of carbonyl (C=O) groups is 2. The molecule has 2 aliphatic rings. The van der Waals surface area contributed by atoms with Gasteiger partial charge in [-0.05, 0) is 79.8 Å². The average Bonchev–Trinajstić information content (AvgIpc) is 3.27. The Morgan fingerprint density at radius 3 is 2.03 bits per heavy atom. The Bertz CT molecular complexity index is 1110. The Hall–Kier alpha value is -3.19. The van der Waals surface area contributed by atoms with Crippen molar-refractivity contribution in [3.05, 3.63) is 48.5 Å². The number of benzene rings is 2. The van der Waals surface area contributed by atoms with Crippen molar-refractivity contribution < 1.29 is 19.1 Å². The van der Waals surface area contributed by atoms with Gasteiger partial charge in [0.15, 0.2) is 5.13 Å². The van der Waals surface area contributed by atoms with Crippen LogP contribution in [0.15, 0.2) is 48.5 Å². The number of carbonyl (C=O) groups excluding carboxylic acids is 2. The number of hydrogen-bond acceptors (Lipinski definition) is 6. The summed E-state index contributed by atoms with van der Waals surface area (Å²) in [4.78, 5) is 31.4. The summed E-state index contributed by atoms with van der Waals surface area (Å²) in [7, 11) is 3.28. The van der Waals surface area contributed by atoms with E-state index in [-0.39, 0.29) is 23.7 Å². The highest BCUT2D eigenvalue weighted by Gasteiger charge is 2.41. The van der Waals surface area contributed by atoms with Crippen molar-refractivity contribution in [2.24, 2.45) is 17.8 Å². The lowest BCUT2D eigenvalue weighted by Crippen LogP contribution is -2.40. The molecule has 34 heavy (non-hydrogen) atoms. The van der Waals surface area contributed by atoms with Crippen molar-refractivity contribution in [2.45, 2.75) is 32.1 Å². The van der Waals surface area contributed by atoms with Gasteiger partial charge in [-0.15, -0.1) is 0 Å². The fraction of sp³-hybridized carbons (Fsp3) is 0.370. The maximum absolute atomic E-state index is 13.2. The van der Waals surface area contributed by atoms with Crippen LogP contribution in [-0.4, -0.2) is 30.9 Å². The first-order valence-corrected chi connectivity index (χ1v) is 12.5. The zero-order valence-electron chi connectivity index (χ0n) is 19.4. The highest BCUT2D eigenvalue weighted by Crippen LogP contribution is 2.42. The molecule has 2 aliphatic carbocycles. The molecular weight excluding hydrogens is 448 g/mol. The minimum Gasteiger partial charge on any atom is -0.497 e. The Labute approximate surface area is 203 Å². The van der Waals surface area contributed by atoms with Gasteiger partial charge in [0.25, 0.3) is 0 Å². The highest BCUT2D eigenvalue weighted by atomic mass is 32.1. The second-order valence-electron chi connectivity index (χ2n) is 9.04. The Kier molecular flexibility index (Phi) is 6.37. The summed E-state index contributed by atoms with van der Waals surface area (Å²) in [5, 5.41) is 3.64. The SMILES string of the molecule is COc1ccc(-c2nc(NC(=O)C3CC4CCCC(C3)C4=O)sc2-c2ccc(OC)cc2)cc1. The van der Waals surface area contributed by atoms with Gasteiger partial charge in [0.05, 0.1) is 24.8 Å². The van der Waals surface area contributed by atoms with Crippen LogP contribution in [0.5, 0.6) is 11.5 Å². The van der Waals surface area contributed by atoms with Crippen LogP contribution in [-0.2, 0) is 9.59 Å². The molecule has 3 aromatic rings. The third kappa shape index (κ3) is 4.44. The van der Waals surface area contributed by atoms with Crippen molar-refractivity contribution in [3.8, 4) is 33.2 Å². The Morgan fingerprint density at radius 2 is 1.47 bits per heavy atom. The van der Waals surface area contributed by atoms with E-state index in [0.717, 1.165) is 52.5 Å². The summed E-state index contributed by atoms with van der Waals surface area (Å²) < 4.78 is 10.6. The molecule has 0 aliphatic heterocycles. The van der Waals surface area contributed by atoms with Crippen LogP contribution in [0.1, 0.15) is 32.1 Å². The fourth-order valence-corrected chi connectivity index (χ4v) is 6.15. The number of nitrogens with zero attached hydrogens (tertiary/aromatic N) is 1. The van der Waals surface area contributed by atoms with Crippen LogP contribution in [0.4, 0.5) is 5.13 Å². The van der Waals surface area contributed by atoms with E-state index in [1.165, 1.54) is 11.3 Å². The van der Waals surface area contributed by atoms with Gasteiger partial charge in [-0.1, -0.05) is 17.8 Å². The molecule has 0 radical (unpaired) electrons. The van der Waals surface area contributed by atoms with E-state index in [9.17, 15) is 9.59 Å². The summed E-state index contributed by atoms with van der Waals surface area (Å²) in [6.07, 6.45) is 4.24. The van der Waals surface area contributed by atoms with Gasteiger partial charge in [-0.3, -0.25) is 9.59 Å². The van der Waals surface area contributed by atoms with E-state index in [2.05, 4.69) is 5.32 Å². The molecule has 2 atom stereocenters. The van der Waals surface area contributed by atoms with E-state index in [1.807, 2.05) is 48.5 Å². The van der Waals surface area contributed by atoms with Crippen molar-refractivity contribution in [1.82, 2.24) is 4.98 Å². The molecule has 1 amide bonds. The summed E-state index contributed by atoms with van der Waals surface area (Å²) in [5.41, 5.74) is 2.76. The number of fused-ring (bicyclic) bond motifs is 2. The molecule has 0 saturated heterocycles. The first-order valence-electron chi connectivity index (χ1n) is 11.7. The number of methoxy groups -OCH3 is 2. The molecule has 6 nitrogen and oxygen atoms in total. The summed E-state index contributed by atoms with van der Waals surface area (Å²) in [6, 6.07) is 15.6. The van der Waals surface area contributed by atoms with Gasteiger partial charge in [0.1, 0.15) is 17.3 Å². The van der Waals surface area contributed by atoms with Gasteiger partial charge in [-0.25, -0.2) is 4.98 Å². The molecule has 2 fully saturated rings. The molecule has 2 unspecified atom stereocenters. The minimum absolute atomic E-state index is 0.0271. The topological polar surface area (TPSA) is 77.5 Å². The van der Waals surface area contributed by atoms with E-state index in [4.69, 9.17) is 14.5 Å². The summed E-state index contributed by atoms with van der Waals surface area (Å²) >= 11 is 1.46. The number of aromatic nitrogens is 1. The third-order valence-electron chi connectivity index (χ3n) is 6.99. The Morgan fingerprint density at radius 1 is 0.912 bits per heavy atom. The first-order chi connectivity index (χ1) is 16.6. The van der Waals surface area contributed by atoms with Gasteiger partial charge in [-0.2, -0.15) is 0 Å². The molecule has 2 bridgehead atoms. The molecule has 1 N–H and O–H groups in total. The molecule has 176 valence electrons. The van der Waals surface area contributed by atoms with Crippen LogP contribution in [0.25, 0.3) is 21.7 Å². The maximum atomic E-state index is 13.2. The zero-order chi connectivity index (χ0) is 23.7. The number of hydrogen-bond donors (Lipinski definition) is 1. The normalized spacial score (nSPS) is 21.7. The number of Topliss-reactive ketones (excluding diaryl/α,β-unsaturated/α-hetero) is 1. The quantitative estimate of drug-likeness (QED) is 0.484. The summed E-state index contributed by atoms with van der Waals surface area (Å²) in [6.45, 7) is 0. The van der Waals surface area contributed by atoms with E-state index < -0.39 is 0 Å². The molecule has 2 saturated carbocycles. The number of ether oxygens (including phenoxy) is 2. The number of thiazole rings is 1. The number of amides is 1. The second kappa shape index (κ2) is 9.58. The van der Waals surface area contributed by atoms with Crippen molar-refractivity contribution in [2.75, 3.05) is 19.5 Å². The lowest BCUT2D eigenvalue weighted by atomic mass is 9.67. The smallest absolute Gasteiger partial charge is 0.229 e. The van der Waals surface area contributed by atoms with Crippen molar-refractivity contribution in [3.63, 3.8) is 0 Å². The number of anilines is 1. The lowest BCUT2D eigenvalue weighted by Gasteiger charge is -2.36. The fourth-order valence-electron chi connectivity index (χ4n) is 5.16.